The smallest absolute Gasteiger partial charge is 0.216 e. The molecule has 0 fully saturated rings. The third-order valence-corrected chi connectivity index (χ3v) is 7.93. The lowest BCUT2D eigenvalue weighted by atomic mass is 9.75. The minimum Gasteiger partial charge on any atom is -0.454 e. The van der Waals surface area contributed by atoms with Crippen LogP contribution in [-0.4, -0.2) is 0 Å². The molecule has 0 spiro atoms. The summed E-state index contributed by atoms with van der Waals surface area (Å²) < 4.78 is 34.2. The van der Waals surface area contributed by atoms with Crippen LogP contribution in [0.25, 0.3) is 44.3 Å². The van der Waals surface area contributed by atoms with E-state index in [4.69, 9.17) is 8.53 Å². The van der Waals surface area contributed by atoms with Crippen molar-refractivity contribution in [1.82, 2.24) is 0 Å². The Balaban J connectivity index is 1.64. The van der Waals surface area contributed by atoms with Gasteiger partial charge in [-0.1, -0.05) is 74.5 Å². The normalized spacial score (nSPS) is 13.2. The molecule has 6 aromatic rings. The second-order valence-electron chi connectivity index (χ2n) is 10.7. The highest BCUT2D eigenvalue weighted by Crippen LogP contribution is 2.43. The molecule has 0 radical (unpaired) electrons. The van der Waals surface area contributed by atoms with Crippen molar-refractivity contribution in [2.45, 2.75) is 33.0 Å². The van der Waals surface area contributed by atoms with Crippen molar-refractivity contribution in [3.63, 3.8) is 0 Å². The van der Waals surface area contributed by atoms with Crippen LogP contribution >= 0.6 is 0 Å². The van der Waals surface area contributed by atoms with E-state index in [1.54, 1.807) is 12.1 Å². The third kappa shape index (κ3) is 3.92. The Kier molecular flexibility index (Phi) is 5.05. The van der Waals surface area contributed by atoms with E-state index in [0.717, 1.165) is 44.3 Å². The number of nitrogens with zero attached hydrogens (tertiary/aromatic N) is 2. The number of nitriles is 1. The summed E-state index contributed by atoms with van der Waals surface area (Å²) >= 11 is 0. The number of fused-ring (bicyclic) bond motifs is 3. The van der Waals surface area contributed by atoms with Crippen LogP contribution in [0, 0.1) is 25.1 Å². The molecule has 3 nitrogen and oxygen atoms in total. The van der Waals surface area contributed by atoms with Crippen molar-refractivity contribution in [2.24, 2.45) is 7.05 Å². The van der Waals surface area contributed by atoms with Gasteiger partial charge in [-0.05, 0) is 59.8 Å². The number of hydrogen-bond donors (Lipinski definition) is 0. The highest BCUT2D eigenvalue weighted by atomic mass is 16.3. The van der Waals surface area contributed by atoms with Crippen LogP contribution in [-0.2, 0) is 12.5 Å². The van der Waals surface area contributed by atoms with Gasteiger partial charge in [-0.3, -0.25) is 0 Å². The first-order valence-electron chi connectivity index (χ1n) is 14.6. The summed E-state index contributed by atoms with van der Waals surface area (Å²) in [4.78, 5) is 0. The maximum absolute atomic E-state index is 10.2. The van der Waals surface area contributed by atoms with Gasteiger partial charge in [0.2, 0.25) is 5.69 Å². The topological polar surface area (TPSA) is 40.8 Å². The number of pyridine rings is 1. The molecular weight excluding hydrogens is 476 g/mol. The average Bonchev–Trinajstić information content (AvgIpc) is 3.35. The molecule has 0 bridgehead atoms. The lowest BCUT2D eigenvalue weighted by Crippen LogP contribution is -2.30. The van der Waals surface area contributed by atoms with E-state index < -0.39 is 12.3 Å². The molecule has 0 unspecified atom stereocenters. The Morgan fingerprint density at radius 3 is 2.26 bits per heavy atom. The van der Waals surface area contributed by atoms with Crippen LogP contribution in [0.4, 0.5) is 0 Å². The molecule has 0 N–H and O–H groups in total. The Morgan fingerprint density at radius 2 is 1.54 bits per heavy atom. The van der Waals surface area contributed by atoms with Gasteiger partial charge in [0.1, 0.15) is 18.2 Å². The largest absolute Gasteiger partial charge is 0.454 e. The van der Waals surface area contributed by atoms with Crippen LogP contribution in [0.2, 0.25) is 0 Å². The van der Waals surface area contributed by atoms with Crippen molar-refractivity contribution >= 4 is 21.9 Å². The molecular formula is C36H31N2O+. The van der Waals surface area contributed by atoms with Gasteiger partial charge in [0.25, 0.3) is 0 Å². The average molecular weight is 511 g/mol. The first-order valence-corrected chi connectivity index (χ1v) is 13.1. The quantitative estimate of drug-likeness (QED) is 0.223. The third-order valence-electron chi connectivity index (χ3n) is 7.93. The van der Waals surface area contributed by atoms with Crippen molar-refractivity contribution in [3.8, 4) is 28.5 Å². The van der Waals surface area contributed by atoms with Gasteiger partial charge in [0.05, 0.1) is 17.2 Å². The Bertz CT molecular complexity index is 2030. The van der Waals surface area contributed by atoms with E-state index in [1.807, 2.05) is 87.8 Å². The molecule has 0 saturated heterocycles. The molecule has 2 aromatic heterocycles. The van der Waals surface area contributed by atoms with Crippen LogP contribution in [0.3, 0.4) is 0 Å². The summed E-state index contributed by atoms with van der Waals surface area (Å²) in [6, 6.07) is 31.7. The summed E-state index contributed by atoms with van der Waals surface area (Å²) in [6.07, 6.45) is 2.00. The summed E-state index contributed by atoms with van der Waals surface area (Å²) in [5, 5.41) is 12.0. The molecule has 0 atom stereocenters. The molecule has 3 heteroatoms. The second kappa shape index (κ2) is 9.26. The molecule has 4 aromatic carbocycles. The molecule has 2 heterocycles. The molecule has 6 rings (SSSR count). The van der Waals surface area contributed by atoms with Crippen LogP contribution < -0.4 is 4.57 Å². The molecule has 0 saturated carbocycles. The van der Waals surface area contributed by atoms with Crippen molar-refractivity contribution in [3.05, 3.63) is 125 Å². The maximum Gasteiger partial charge on any atom is 0.216 e. The van der Waals surface area contributed by atoms with Crippen LogP contribution in [0.15, 0.2) is 102 Å². The number of furan rings is 1. The molecule has 0 aliphatic heterocycles. The first-order chi connectivity index (χ1) is 20.0. The molecule has 190 valence electrons. The van der Waals surface area contributed by atoms with Crippen LogP contribution in [0.5, 0.6) is 0 Å². The number of hydrogen-bond acceptors (Lipinski definition) is 2. The van der Waals surface area contributed by atoms with Gasteiger partial charge in [-0.2, -0.15) is 5.26 Å². The molecule has 0 aliphatic carbocycles. The first kappa shape index (κ1) is 21.3. The lowest BCUT2D eigenvalue weighted by Gasteiger charge is -2.28. The van der Waals surface area contributed by atoms with Gasteiger partial charge in [-0.25, -0.2) is 4.57 Å². The fraction of sp³-hybridized carbons (Fsp3) is 0.167. The fourth-order valence-corrected chi connectivity index (χ4v) is 5.74. The van der Waals surface area contributed by atoms with E-state index in [2.05, 4.69) is 35.8 Å². The van der Waals surface area contributed by atoms with Crippen LogP contribution in [0.1, 0.15) is 45.8 Å². The summed E-state index contributed by atoms with van der Waals surface area (Å²) in [5.41, 5.74) is 7.50. The fourth-order valence-electron chi connectivity index (χ4n) is 5.74. The van der Waals surface area contributed by atoms with Crippen molar-refractivity contribution in [1.29, 1.82) is 5.26 Å². The van der Waals surface area contributed by atoms with Gasteiger partial charge >= 0.3 is 0 Å². The summed E-state index contributed by atoms with van der Waals surface area (Å²) in [5.74, 6) is 0. The van der Waals surface area contributed by atoms with E-state index in [0.29, 0.717) is 22.3 Å². The zero-order valence-corrected chi connectivity index (χ0v) is 22.5. The number of aryl methyl sites for hydroxylation is 3. The highest BCUT2D eigenvalue weighted by molar-refractivity contribution is 6.14. The molecule has 39 heavy (non-hydrogen) atoms. The van der Waals surface area contributed by atoms with Gasteiger partial charge < -0.3 is 4.42 Å². The van der Waals surface area contributed by atoms with E-state index >= 15 is 0 Å². The SMILES string of the molecule is [2H]C([2H])([2H])c1cc(-c2c(C#N)ccc3c2oc2c(-c4cccc[n+]4C)c(C)ccc23)ccc1C(C)(C)c1ccccc1. The van der Waals surface area contributed by atoms with Gasteiger partial charge in [-0.15, -0.1) is 0 Å². The molecule has 0 amide bonds. The zero-order chi connectivity index (χ0) is 29.8. The predicted octanol–water partition coefficient (Wildman–Crippen LogP) is 8.56. The van der Waals surface area contributed by atoms with E-state index in [-0.39, 0.29) is 5.56 Å². The Hall–Kier alpha value is -4.68. The number of aromatic nitrogens is 1. The lowest BCUT2D eigenvalue weighted by molar-refractivity contribution is -0.660. The Labute approximate surface area is 233 Å². The standard InChI is InChI=1S/C36H31N2O/c1-23-14-17-28-29-18-15-26(22-37)33(35(29)39-34(28)32(23)31-13-9-10-20-38(31)5)25-16-19-30(24(2)21-25)36(3,4)27-11-7-6-8-12-27/h6-21H,1-5H3/q+1/i2D3. The van der Waals surface area contributed by atoms with Gasteiger partial charge in [0, 0.05) is 38.0 Å². The highest BCUT2D eigenvalue weighted by Gasteiger charge is 2.26. The van der Waals surface area contributed by atoms with Crippen molar-refractivity contribution in [2.75, 3.05) is 0 Å². The number of rotatable bonds is 4. The Morgan fingerprint density at radius 1 is 0.821 bits per heavy atom. The van der Waals surface area contributed by atoms with Crippen molar-refractivity contribution < 1.29 is 13.1 Å². The summed E-state index contributed by atoms with van der Waals surface area (Å²) in [7, 11) is 2.00. The maximum atomic E-state index is 10.2. The van der Waals surface area contributed by atoms with E-state index in [9.17, 15) is 5.26 Å². The number of benzene rings is 4. The predicted molar refractivity (Wildman–Crippen MR) is 159 cm³/mol. The zero-order valence-electron chi connectivity index (χ0n) is 25.5. The van der Waals surface area contributed by atoms with Gasteiger partial charge in [0.15, 0.2) is 6.20 Å². The second-order valence-corrected chi connectivity index (χ2v) is 10.7. The monoisotopic (exact) mass is 510 g/mol. The minimum absolute atomic E-state index is 0.263. The molecule has 0 aliphatic rings. The van der Waals surface area contributed by atoms with E-state index in [1.165, 1.54) is 0 Å². The summed E-state index contributed by atoms with van der Waals surface area (Å²) in [6.45, 7) is 3.78. The minimum atomic E-state index is -2.36.